The van der Waals surface area contributed by atoms with Crippen LogP contribution in [0.25, 0.3) is 26.8 Å². The molecule has 0 atom stereocenters. The van der Waals surface area contributed by atoms with Crippen molar-refractivity contribution >= 4 is 38.6 Å². The molecule has 3 heterocycles. The number of benzene rings is 2. The predicted octanol–water partition coefficient (Wildman–Crippen LogP) is 5.86. The number of pyridine rings is 1. The summed E-state index contributed by atoms with van der Waals surface area (Å²) < 4.78 is 15.8. The van der Waals surface area contributed by atoms with Gasteiger partial charge < -0.3 is 9.55 Å². The van der Waals surface area contributed by atoms with Crippen LogP contribution in [0.4, 0.5) is 4.39 Å². The van der Waals surface area contributed by atoms with Crippen LogP contribution < -0.4 is 5.56 Å². The van der Waals surface area contributed by atoms with Crippen LogP contribution in [0.5, 0.6) is 0 Å². The van der Waals surface area contributed by atoms with Gasteiger partial charge in [-0.25, -0.2) is 9.37 Å². The van der Waals surface area contributed by atoms with E-state index < -0.39 is 0 Å². The van der Waals surface area contributed by atoms with E-state index >= 15 is 0 Å². The van der Waals surface area contributed by atoms with Crippen molar-refractivity contribution in [2.75, 3.05) is 0 Å². The van der Waals surface area contributed by atoms with Gasteiger partial charge in [0, 0.05) is 12.9 Å². The van der Waals surface area contributed by atoms with Crippen LogP contribution in [0.2, 0.25) is 0 Å². The first-order valence-corrected chi connectivity index (χ1v) is 10.4. The maximum Gasteiger partial charge on any atom is 0.248 e. The third-order valence-corrected chi connectivity index (χ3v) is 6.35. The van der Waals surface area contributed by atoms with Crippen molar-refractivity contribution in [1.29, 1.82) is 0 Å². The van der Waals surface area contributed by atoms with Gasteiger partial charge in [0.15, 0.2) is 0 Å². The molecule has 0 bridgehead atoms. The number of rotatable bonds is 3. The fourth-order valence-electron chi connectivity index (χ4n) is 3.78. The van der Waals surface area contributed by atoms with E-state index in [1.807, 2.05) is 42.7 Å². The predicted molar refractivity (Wildman–Crippen MR) is 124 cm³/mol. The number of fused-ring (bicyclic) bond motifs is 2. The Morgan fingerprint density at radius 1 is 1.23 bits per heavy atom. The van der Waals surface area contributed by atoms with E-state index in [9.17, 15) is 9.18 Å². The molecular weight excluding hydrogens is 397 g/mol. The number of nitrogens with one attached hydrogen (secondary N) is 1. The van der Waals surface area contributed by atoms with Gasteiger partial charge in [-0.05, 0) is 65.4 Å². The van der Waals surface area contributed by atoms with Gasteiger partial charge in [-0.2, -0.15) is 0 Å². The molecule has 1 aliphatic heterocycles. The van der Waals surface area contributed by atoms with Gasteiger partial charge in [0.2, 0.25) is 5.56 Å². The molecule has 0 saturated carbocycles. The molecule has 0 saturated heterocycles. The van der Waals surface area contributed by atoms with Crippen LogP contribution in [0.3, 0.4) is 0 Å². The van der Waals surface area contributed by atoms with Gasteiger partial charge in [-0.3, -0.25) is 4.79 Å². The minimum absolute atomic E-state index is 0. The smallest absolute Gasteiger partial charge is 0.248 e. The van der Waals surface area contributed by atoms with Crippen molar-refractivity contribution in [3.63, 3.8) is 0 Å². The third-order valence-electron chi connectivity index (χ3n) is 5.35. The van der Waals surface area contributed by atoms with Crippen molar-refractivity contribution in [1.82, 2.24) is 14.5 Å². The Morgan fingerprint density at radius 3 is 2.93 bits per heavy atom. The summed E-state index contributed by atoms with van der Waals surface area (Å²) in [6.45, 7) is 6.61. The van der Waals surface area contributed by atoms with Gasteiger partial charge >= 0.3 is 0 Å². The van der Waals surface area contributed by atoms with E-state index in [0.29, 0.717) is 12.1 Å². The minimum Gasteiger partial charge on any atom is -0.322 e. The zero-order chi connectivity index (χ0) is 20.8. The lowest BCUT2D eigenvalue weighted by molar-refractivity contribution is 0.629. The molecule has 0 radical (unpaired) electrons. The number of thioether (sulfide) groups is 1. The summed E-state index contributed by atoms with van der Waals surface area (Å²) in [5.74, 6) is 0.452. The standard InChI is InChI=1S/C24H18FN3OS.H2/c1-14-9-10-30-23(15(14)2)24-27-19-5-3-4-6-21(19)28(24)13-16-11-22(29)26-20-12-17(25)7-8-18(16)20;/h3-12H,1,13H2,2H3,(H,26,29);1H. The van der Waals surface area contributed by atoms with Gasteiger partial charge in [0.05, 0.1) is 28.0 Å². The second-order valence-electron chi connectivity index (χ2n) is 7.26. The molecule has 6 heteroatoms. The highest BCUT2D eigenvalue weighted by Crippen LogP contribution is 2.39. The molecule has 4 aromatic rings. The first-order chi connectivity index (χ1) is 14.5. The first kappa shape index (κ1) is 18.6. The molecule has 150 valence electrons. The second kappa shape index (κ2) is 7.15. The van der Waals surface area contributed by atoms with Crippen LogP contribution in [-0.4, -0.2) is 14.5 Å². The maximum absolute atomic E-state index is 13.7. The first-order valence-electron chi connectivity index (χ1n) is 9.52. The van der Waals surface area contributed by atoms with Crippen molar-refractivity contribution in [2.45, 2.75) is 13.5 Å². The number of allylic oxidation sites excluding steroid dienone is 3. The summed E-state index contributed by atoms with van der Waals surface area (Å²) in [5, 5.41) is 2.82. The monoisotopic (exact) mass is 417 g/mol. The second-order valence-corrected chi connectivity index (χ2v) is 8.18. The SMILES string of the molecule is C=C1C=CSC(c2nc3ccccc3n2Cc2cc(=O)[nH]c3cc(F)ccc23)=C1C.[HH]. The van der Waals surface area contributed by atoms with E-state index in [1.165, 1.54) is 12.1 Å². The van der Waals surface area contributed by atoms with E-state index in [4.69, 9.17) is 4.98 Å². The molecule has 4 nitrogen and oxygen atoms in total. The molecule has 0 amide bonds. The molecule has 0 unspecified atom stereocenters. The van der Waals surface area contributed by atoms with Crippen LogP contribution in [-0.2, 0) is 6.54 Å². The Kier molecular flexibility index (Phi) is 4.44. The van der Waals surface area contributed by atoms with Gasteiger partial charge in [-0.15, -0.1) is 0 Å². The summed E-state index contributed by atoms with van der Waals surface area (Å²) in [6, 6.07) is 14.0. The summed E-state index contributed by atoms with van der Waals surface area (Å²) in [6.07, 6.45) is 2.00. The Balaban J connectivity index is 0.00000231. The molecule has 1 N–H and O–H groups in total. The fraction of sp³-hybridized carbons (Fsp3) is 0.0833. The lowest BCUT2D eigenvalue weighted by atomic mass is 10.1. The topological polar surface area (TPSA) is 50.7 Å². The summed E-state index contributed by atoms with van der Waals surface area (Å²) in [5.41, 5.74) is 4.94. The van der Waals surface area contributed by atoms with Crippen molar-refractivity contribution < 1.29 is 5.82 Å². The zero-order valence-corrected chi connectivity index (χ0v) is 17.1. The zero-order valence-electron chi connectivity index (χ0n) is 16.3. The number of hydrogen-bond donors (Lipinski definition) is 1. The highest BCUT2D eigenvalue weighted by molar-refractivity contribution is 8.11. The largest absolute Gasteiger partial charge is 0.322 e. The normalized spacial score (nSPS) is 14.3. The van der Waals surface area contributed by atoms with Crippen molar-refractivity contribution in [3.05, 3.63) is 105 Å². The number of para-hydroxylation sites is 2. The minimum atomic E-state index is -0.381. The van der Waals surface area contributed by atoms with Crippen LogP contribution in [0.15, 0.2) is 82.5 Å². The number of halogens is 1. The van der Waals surface area contributed by atoms with Gasteiger partial charge in [0.1, 0.15) is 11.6 Å². The number of nitrogens with zero attached hydrogens (tertiary/aromatic N) is 2. The van der Waals surface area contributed by atoms with E-state index in [-0.39, 0.29) is 12.8 Å². The number of aromatic amines is 1. The highest BCUT2D eigenvalue weighted by Gasteiger charge is 2.20. The molecular formula is C24H20FN3OS. The fourth-order valence-corrected chi connectivity index (χ4v) is 4.72. The number of aromatic nitrogens is 3. The van der Waals surface area contributed by atoms with Crippen molar-refractivity contribution in [3.8, 4) is 0 Å². The van der Waals surface area contributed by atoms with Gasteiger partial charge in [-0.1, -0.05) is 30.5 Å². The maximum atomic E-state index is 13.7. The lowest BCUT2D eigenvalue weighted by Crippen LogP contribution is -2.11. The van der Waals surface area contributed by atoms with Crippen molar-refractivity contribution in [2.24, 2.45) is 0 Å². The Labute approximate surface area is 177 Å². The molecule has 30 heavy (non-hydrogen) atoms. The molecule has 1 aliphatic rings. The summed E-state index contributed by atoms with van der Waals surface area (Å²) >= 11 is 1.61. The molecule has 2 aromatic carbocycles. The lowest BCUT2D eigenvalue weighted by Gasteiger charge is -2.17. The average molecular weight is 418 g/mol. The summed E-state index contributed by atoms with van der Waals surface area (Å²) in [4.78, 5) is 20.9. The molecule has 0 spiro atoms. The highest BCUT2D eigenvalue weighted by atomic mass is 32.2. The Bertz CT molecular complexity index is 1460. The van der Waals surface area contributed by atoms with Crippen LogP contribution in [0.1, 0.15) is 19.7 Å². The van der Waals surface area contributed by atoms with Crippen LogP contribution >= 0.6 is 11.8 Å². The van der Waals surface area contributed by atoms with E-state index in [0.717, 1.165) is 43.9 Å². The summed E-state index contributed by atoms with van der Waals surface area (Å²) in [7, 11) is 0. The van der Waals surface area contributed by atoms with Gasteiger partial charge in [0.25, 0.3) is 0 Å². The number of imidazole rings is 1. The third kappa shape index (κ3) is 3.09. The van der Waals surface area contributed by atoms with E-state index in [1.54, 1.807) is 23.9 Å². The average Bonchev–Trinajstić information content (AvgIpc) is 3.08. The molecule has 0 aliphatic carbocycles. The quantitative estimate of drug-likeness (QED) is 0.454. The Hall–Kier alpha value is -3.38. The van der Waals surface area contributed by atoms with E-state index in [2.05, 4.69) is 16.1 Å². The Morgan fingerprint density at radius 2 is 2.07 bits per heavy atom. The molecule has 0 fully saturated rings. The number of hydrogen-bond acceptors (Lipinski definition) is 3. The van der Waals surface area contributed by atoms with Crippen LogP contribution in [0, 0.1) is 5.82 Å². The molecule has 2 aromatic heterocycles. The number of H-pyrrole nitrogens is 1. The molecule has 5 rings (SSSR count).